The Hall–Kier alpha value is -2.54. The minimum atomic E-state index is -0.446. The zero-order valence-corrected chi connectivity index (χ0v) is 11.6. The summed E-state index contributed by atoms with van der Waals surface area (Å²) in [6.07, 6.45) is 3.39. The van der Waals surface area contributed by atoms with Crippen LogP contribution in [0.5, 0.6) is 0 Å². The van der Waals surface area contributed by atoms with Crippen LogP contribution in [-0.2, 0) is 16.1 Å². The third-order valence-electron chi connectivity index (χ3n) is 3.07. The van der Waals surface area contributed by atoms with Gasteiger partial charge in [-0.25, -0.2) is 0 Å². The van der Waals surface area contributed by atoms with Crippen molar-refractivity contribution in [1.29, 1.82) is 0 Å². The average molecular weight is 301 g/mol. The lowest BCUT2D eigenvalue weighted by Crippen LogP contribution is -2.18. The number of hydrogen-bond acceptors (Lipinski definition) is 4. The Kier molecular flexibility index (Phi) is 3.26. The first-order chi connectivity index (χ1) is 10.0. The molecule has 7 heteroatoms. The molecule has 1 saturated heterocycles. The van der Waals surface area contributed by atoms with Crippen molar-refractivity contribution in [3.05, 3.63) is 40.9 Å². The molecule has 0 radical (unpaired) electrons. The third-order valence-corrected chi connectivity index (χ3v) is 3.88. The maximum atomic E-state index is 11.6. The number of fused-ring (bicyclic) bond motifs is 1. The molecular weight excluding hydrogens is 290 g/mol. The molecule has 0 aliphatic carbocycles. The molecule has 21 heavy (non-hydrogen) atoms. The van der Waals surface area contributed by atoms with Crippen LogP contribution in [0.2, 0.25) is 0 Å². The summed E-state index contributed by atoms with van der Waals surface area (Å²) in [6, 6.07) is 7.48. The molecule has 3 N–H and O–H groups in total. The summed E-state index contributed by atoms with van der Waals surface area (Å²) in [7, 11) is 0. The average Bonchev–Trinajstić information content (AvgIpc) is 2.91. The van der Waals surface area contributed by atoms with E-state index in [-0.39, 0.29) is 11.8 Å². The van der Waals surface area contributed by atoms with Crippen molar-refractivity contribution in [2.75, 3.05) is 0 Å². The monoisotopic (exact) mass is 301 g/mol. The normalized spacial score (nSPS) is 16.7. The number of primary amides is 1. The summed E-state index contributed by atoms with van der Waals surface area (Å²) in [6.45, 7) is 0.0575. The van der Waals surface area contributed by atoms with Gasteiger partial charge < -0.3 is 10.3 Å². The lowest BCUT2D eigenvalue weighted by atomic mass is 10.1. The second kappa shape index (κ2) is 5.10. The van der Waals surface area contributed by atoms with Gasteiger partial charge in [0.25, 0.3) is 11.1 Å². The van der Waals surface area contributed by atoms with Crippen molar-refractivity contribution in [1.82, 2.24) is 9.88 Å². The third kappa shape index (κ3) is 2.55. The second-order valence-corrected chi connectivity index (χ2v) is 5.56. The van der Waals surface area contributed by atoms with Crippen LogP contribution < -0.4 is 11.1 Å². The second-order valence-electron chi connectivity index (χ2n) is 4.55. The Morgan fingerprint density at radius 1 is 1.33 bits per heavy atom. The predicted molar refractivity (Wildman–Crippen MR) is 80.2 cm³/mol. The van der Waals surface area contributed by atoms with E-state index in [4.69, 9.17) is 5.73 Å². The number of aromatic nitrogens is 1. The van der Waals surface area contributed by atoms with Crippen LogP contribution in [0, 0.1) is 0 Å². The van der Waals surface area contributed by atoms with Crippen LogP contribution in [0.4, 0.5) is 4.79 Å². The molecule has 1 aliphatic rings. The van der Waals surface area contributed by atoms with Crippen LogP contribution >= 0.6 is 11.8 Å². The van der Waals surface area contributed by atoms with Crippen molar-refractivity contribution in [3.8, 4) is 0 Å². The summed E-state index contributed by atoms with van der Waals surface area (Å²) in [5.41, 5.74) is 6.85. The lowest BCUT2D eigenvalue weighted by molar-refractivity contribution is -0.118. The fourth-order valence-corrected chi connectivity index (χ4v) is 2.92. The molecule has 3 rings (SSSR count). The highest BCUT2D eigenvalue weighted by Gasteiger charge is 2.25. The molecular formula is C14H11N3O3S. The number of hydrogen-bond donors (Lipinski definition) is 2. The minimum absolute atomic E-state index is 0.0575. The van der Waals surface area contributed by atoms with E-state index in [9.17, 15) is 14.4 Å². The molecule has 0 unspecified atom stereocenters. The van der Waals surface area contributed by atoms with E-state index >= 15 is 0 Å². The molecule has 1 aromatic carbocycles. The number of nitrogens with one attached hydrogen (secondary N) is 1. The van der Waals surface area contributed by atoms with E-state index in [1.165, 1.54) is 0 Å². The standard InChI is InChI=1S/C14H11N3O3S/c15-12(18)7-17-6-8(9-3-1-2-4-10(9)17)5-11-13(19)16-14(20)21-11/h1-6H,7H2,(H2,15,18)(H,16,19,20)/b11-5-. The lowest BCUT2D eigenvalue weighted by Gasteiger charge is -2.00. The Labute approximate surface area is 124 Å². The maximum Gasteiger partial charge on any atom is 0.290 e. The van der Waals surface area contributed by atoms with Crippen LogP contribution in [-0.4, -0.2) is 21.6 Å². The molecule has 3 amide bonds. The van der Waals surface area contributed by atoms with Crippen molar-refractivity contribution in [3.63, 3.8) is 0 Å². The van der Waals surface area contributed by atoms with E-state index in [1.54, 1.807) is 16.8 Å². The Morgan fingerprint density at radius 2 is 2.10 bits per heavy atom. The number of carbonyl (C=O) groups excluding carboxylic acids is 3. The summed E-state index contributed by atoms with van der Waals surface area (Å²) in [5.74, 6) is -0.852. The number of benzene rings is 1. The van der Waals surface area contributed by atoms with E-state index in [2.05, 4.69) is 5.32 Å². The van der Waals surface area contributed by atoms with Crippen molar-refractivity contribution >= 4 is 45.8 Å². The Balaban J connectivity index is 2.11. The summed E-state index contributed by atoms with van der Waals surface area (Å²) in [4.78, 5) is 34.3. The van der Waals surface area contributed by atoms with Gasteiger partial charge in [0.05, 0.1) is 4.91 Å². The smallest absolute Gasteiger partial charge is 0.290 e. The number of thioether (sulfide) groups is 1. The number of nitrogens with zero attached hydrogens (tertiary/aromatic N) is 1. The van der Waals surface area contributed by atoms with Gasteiger partial charge in [-0.15, -0.1) is 0 Å². The van der Waals surface area contributed by atoms with E-state index in [0.717, 1.165) is 28.2 Å². The molecule has 1 aromatic heterocycles. The molecule has 0 saturated carbocycles. The molecule has 2 aromatic rings. The Morgan fingerprint density at radius 3 is 2.76 bits per heavy atom. The van der Waals surface area contributed by atoms with Crippen LogP contribution in [0.15, 0.2) is 35.4 Å². The van der Waals surface area contributed by atoms with Gasteiger partial charge in [-0.3, -0.25) is 19.7 Å². The zero-order valence-electron chi connectivity index (χ0n) is 10.8. The number of rotatable bonds is 3. The molecule has 1 fully saturated rings. The van der Waals surface area contributed by atoms with E-state index < -0.39 is 11.8 Å². The molecule has 0 atom stereocenters. The molecule has 0 bridgehead atoms. The van der Waals surface area contributed by atoms with Crippen LogP contribution in [0.3, 0.4) is 0 Å². The van der Waals surface area contributed by atoms with E-state index in [1.807, 2.05) is 24.3 Å². The molecule has 1 aliphatic heterocycles. The maximum absolute atomic E-state index is 11.6. The van der Waals surface area contributed by atoms with Gasteiger partial charge in [0, 0.05) is 22.7 Å². The fourth-order valence-electron chi connectivity index (χ4n) is 2.25. The van der Waals surface area contributed by atoms with Gasteiger partial charge in [0.15, 0.2) is 0 Å². The Bertz CT molecular complexity index is 807. The first kappa shape index (κ1) is 13.4. The highest BCUT2D eigenvalue weighted by molar-refractivity contribution is 8.18. The zero-order chi connectivity index (χ0) is 15.0. The summed E-state index contributed by atoms with van der Waals surface area (Å²) < 4.78 is 1.73. The van der Waals surface area contributed by atoms with Crippen molar-refractivity contribution in [2.45, 2.75) is 6.54 Å². The molecule has 2 heterocycles. The van der Waals surface area contributed by atoms with Crippen molar-refractivity contribution < 1.29 is 14.4 Å². The number of nitrogens with two attached hydrogens (primary N) is 1. The summed E-state index contributed by atoms with van der Waals surface area (Å²) >= 11 is 0.861. The first-order valence-electron chi connectivity index (χ1n) is 6.15. The topological polar surface area (TPSA) is 94.2 Å². The minimum Gasteiger partial charge on any atom is -0.368 e. The SMILES string of the molecule is NC(=O)Cn1cc(/C=C2\SC(=O)NC2=O)c2ccccc21. The van der Waals surface area contributed by atoms with E-state index in [0.29, 0.717) is 4.91 Å². The molecule has 0 spiro atoms. The van der Waals surface area contributed by atoms with Gasteiger partial charge in [-0.2, -0.15) is 0 Å². The van der Waals surface area contributed by atoms with Crippen LogP contribution in [0.1, 0.15) is 5.56 Å². The van der Waals surface area contributed by atoms with Crippen LogP contribution in [0.25, 0.3) is 17.0 Å². The largest absolute Gasteiger partial charge is 0.368 e. The van der Waals surface area contributed by atoms with Gasteiger partial charge in [0.1, 0.15) is 6.54 Å². The molecule has 6 nitrogen and oxygen atoms in total. The number of imide groups is 1. The van der Waals surface area contributed by atoms with Gasteiger partial charge >= 0.3 is 0 Å². The predicted octanol–water partition coefficient (Wildman–Crippen LogP) is 1.45. The number of carbonyl (C=O) groups is 3. The van der Waals surface area contributed by atoms with Crippen molar-refractivity contribution in [2.24, 2.45) is 5.73 Å². The number of para-hydroxylation sites is 1. The summed E-state index contributed by atoms with van der Waals surface area (Å²) in [5, 5.41) is 2.72. The quantitative estimate of drug-likeness (QED) is 0.839. The first-order valence-corrected chi connectivity index (χ1v) is 6.97. The van der Waals surface area contributed by atoms with Gasteiger partial charge in [0.2, 0.25) is 5.91 Å². The highest BCUT2D eigenvalue weighted by atomic mass is 32.2. The number of amides is 3. The fraction of sp³-hybridized carbons (Fsp3) is 0.0714. The van der Waals surface area contributed by atoms with Gasteiger partial charge in [-0.05, 0) is 23.9 Å². The molecule has 106 valence electrons. The van der Waals surface area contributed by atoms with Gasteiger partial charge in [-0.1, -0.05) is 18.2 Å². The highest BCUT2D eigenvalue weighted by Crippen LogP contribution is 2.29.